The third kappa shape index (κ3) is 4.64. The van der Waals surface area contributed by atoms with E-state index in [9.17, 15) is 19.7 Å². The molecule has 0 saturated heterocycles. The van der Waals surface area contributed by atoms with Crippen LogP contribution in [0.5, 0.6) is 0 Å². The molecule has 0 aliphatic heterocycles. The minimum atomic E-state index is -0.792. The Bertz CT molecular complexity index is 795. The lowest BCUT2D eigenvalue weighted by atomic mass is 10.3. The summed E-state index contributed by atoms with van der Waals surface area (Å²) in [5.74, 6) is -1.40. The van der Waals surface area contributed by atoms with Gasteiger partial charge in [-0.3, -0.25) is 14.9 Å². The monoisotopic (exact) mass is 369 g/mol. The van der Waals surface area contributed by atoms with Crippen molar-refractivity contribution in [1.82, 2.24) is 4.98 Å². The number of hydrogen-bond acceptors (Lipinski definition) is 6. The van der Waals surface area contributed by atoms with Gasteiger partial charge in [-0.2, -0.15) is 0 Å². The number of benzene rings is 1. The largest absolute Gasteiger partial charge is 0.452 e. The van der Waals surface area contributed by atoms with Crippen molar-refractivity contribution in [2.24, 2.45) is 0 Å². The fourth-order valence-corrected chi connectivity index (χ4v) is 1.88. The first-order valence-electron chi connectivity index (χ1n) is 6.39. The van der Waals surface area contributed by atoms with E-state index in [2.05, 4.69) is 10.3 Å². The molecule has 124 valence electrons. The van der Waals surface area contributed by atoms with Crippen LogP contribution in [0.15, 0.2) is 36.5 Å². The average Bonchev–Trinajstić information content (AvgIpc) is 2.55. The first kappa shape index (κ1) is 17.6. The zero-order valence-corrected chi connectivity index (χ0v) is 13.4. The van der Waals surface area contributed by atoms with Gasteiger partial charge in [0.1, 0.15) is 5.15 Å². The molecule has 1 N–H and O–H groups in total. The third-order valence-electron chi connectivity index (χ3n) is 2.73. The predicted octanol–water partition coefficient (Wildman–Crippen LogP) is 3.09. The van der Waals surface area contributed by atoms with Gasteiger partial charge in [-0.25, -0.2) is 9.78 Å². The number of aromatic nitrogens is 1. The van der Waals surface area contributed by atoms with E-state index in [1.165, 1.54) is 36.5 Å². The van der Waals surface area contributed by atoms with Gasteiger partial charge in [0.25, 0.3) is 11.6 Å². The highest BCUT2D eigenvalue weighted by Crippen LogP contribution is 2.20. The summed E-state index contributed by atoms with van der Waals surface area (Å²) < 4.78 is 4.82. The van der Waals surface area contributed by atoms with Crippen molar-refractivity contribution < 1.29 is 19.2 Å². The summed E-state index contributed by atoms with van der Waals surface area (Å²) in [5, 5.41) is 13.1. The summed E-state index contributed by atoms with van der Waals surface area (Å²) in [6.07, 6.45) is 1.17. The maximum Gasteiger partial charge on any atom is 0.340 e. The molecule has 24 heavy (non-hydrogen) atoms. The van der Waals surface area contributed by atoms with Crippen LogP contribution in [0, 0.1) is 10.1 Å². The molecule has 1 aromatic carbocycles. The van der Waals surface area contributed by atoms with Gasteiger partial charge in [0.05, 0.1) is 15.5 Å². The zero-order chi connectivity index (χ0) is 17.7. The van der Waals surface area contributed by atoms with Crippen LogP contribution >= 0.6 is 23.2 Å². The maximum absolute atomic E-state index is 11.8. The van der Waals surface area contributed by atoms with E-state index in [1.54, 1.807) is 0 Å². The molecule has 0 aliphatic carbocycles. The topological polar surface area (TPSA) is 111 Å². The van der Waals surface area contributed by atoms with Crippen LogP contribution in [-0.2, 0) is 9.53 Å². The molecule has 0 radical (unpaired) electrons. The van der Waals surface area contributed by atoms with Crippen LogP contribution in [0.2, 0.25) is 10.2 Å². The Balaban J connectivity index is 1.89. The highest BCUT2D eigenvalue weighted by molar-refractivity contribution is 6.41. The lowest BCUT2D eigenvalue weighted by Gasteiger charge is -2.07. The van der Waals surface area contributed by atoms with Crippen LogP contribution in [-0.4, -0.2) is 28.4 Å². The number of ether oxygens (including phenoxy) is 1. The number of nitro benzene ring substituents is 1. The van der Waals surface area contributed by atoms with Gasteiger partial charge in [0.2, 0.25) is 0 Å². The number of hydrogen-bond donors (Lipinski definition) is 1. The molecule has 8 nitrogen and oxygen atoms in total. The Morgan fingerprint density at radius 3 is 2.50 bits per heavy atom. The first-order chi connectivity index (χ1) is 11.4. The zero-order valence-electron chi connectivity index (χ0n) is 11.9. The second-order valence-electron chi connectivity index (χ2n) is 4.42. The Hall–Kier alpha value is -2.71. The van der Waals surface area contributed by atoms with Crippen molar-refractivity contribution in [2.75, 3.05) is 11.9 Å². The van der Waals surface area contributed by atoms with Crippen molar-refractivity contribution in [2.45, 2.75) is 0 Å². The lowest BCUT2D eigenvalue weighted by molar-refractivity contribution is -0.384. The molecular weight excluding hydrogens is 361 g/mol. The minimum Gasteiger partial charge on any atom is -0.452 e. The maximum atomic E-state index is 11.8. The molecule has 10 heteroatoms. The van der Waals surface area contributed by atoms with E-state index in [0.717, 1.165) is 0 Å². The number of nitrogens with zero attached hydrogens (tertiary/aromatic N) is 2. The third-order valence-corrected chi connectivity index (χ3v) is 3.41. The van der Waals surface area contributed by atoms with Crippen molar-refractivity contribution >= 4 is 46.5 Å². The molecule has 0 bridgehead atoms. The van der Waals surface area contributed by atoms with Gasteiger partial charge in [-0.05, 0) is 18.2 Å². The summed E-state index contributed by atoms with van der Waals surface area (Å²) in [5.41, 5.74) is 0.275. The van der Waals surface area contributed by atoms with Crippen LogP contribution in [0.25, 0.3) is 0 Å². The van der Waals surface area contributed by atoms with Gasteiger partial charge in [-0.1, -0.05) is 23.2 Å². The number of nitro groups is 1. The van der Waals surface area contributed by atoms with Crippen molar-refractivity contribution in [3.05, 3.63) is 62.4 Å². The molecule has 0 unspecified atom stereocenters. The standard InChI is InChI=1S/C14H9Cl2N3O5/c15-11-5-8(6-17-13(11)16)14(21)24-7-12(20)18-9-1-3-10(4-2-9)19(22)23/h1-6H,7H2,(H,18,20). The molecule has 0 spiro atoms. The number of rotatable bonds is 5. The average molecular weight is 370 g/mol. The molecule has 2 aromatic rings. The highest BCUT2D eigenvalue weighted by Gasteiger charge is 2.13. The second-order valence-corrected chi connectivity index (χ2v) is 5.19. The highest BCUT2D eigenvalue weighted by atomic mass is 35.5. The van der Waals surface area contributed by atoms with E-state index >= 15 is 0 Å². The van der Waals surface area contributed by atoms with Gasteiger partial charge >= 0.3 is 5.97 Å². The lowest BCUT2D eigenvalue weighted by Crippen LogP contribution is -2.21. The van der Waals surface area contributed by atoms with Crippen LogP contribution in [0.3, 0.4) is 0 Å². The molecule has 1 heterocycles. The number of pyridine rings is 1. The van der Waals surface area contributed by atoms with Crippen LogP contribution < -0.4 is 5.32 Å². The summed E-state index contributed by atoms with van der Waals surface area (Å²) >= 11 is 11.4. The van der Waals surface area contributed by atoms with E-state index in [-0.39, 0.29) is 21.4 Å². The smallest absolute Gasteiger partial charge is 0.340 e. The van der Waals surface area contributed by atoms with Crippen molar-refractivity contribution in [1.29, 1.82) is 0 Å². The Morgan fingerprint density at radius 2 is 1.92 bits per heavy atom. The predicted molar refractivity (Wildman–Crippen MR) is 86.3 cm³/mol. The van der Waals surface area contributed by atoms with Gasteiger partial charge in [0.15, 0.2) is 6.61 Å². The van der Waals surface area contributed by atoms with E-state index in [1.807, 2.05) is 0 Å². The second kappa shape index (κ2) is 7.71. The number of nitrogens with one attached hydrogen (secondary N) is 1. The van der Waals surface area contributed by atoms with Crippen LogP contribution in [0.1, 0.15) is 10.4 Å². The molecule has 1 aromatic heterocycles. The fraction of sp³-hybridized carbons (Fsp3) is 0.0714. The van der Waals surface area contributed by atoms with Gasteiger partial charge in [-0.15, -0.1) is 0 Å². The fourth-order valence-electron chi connectivity index (χ4n) is 1.61. The van der Waals surface area contributed by atoms with Crippen LogP contribution in [0.4, 0.5) is 11.4 Å². The molecule has 0 fully saturated rings. The Kier molecular flexibility index (Phi) is 5.67. The van der Waals surface area contributed by atoms with E-state index < -0.39 is 23.4 Å². The molecule has 1 amide bonds. The number of esters is 1. The van der Waals surface area contributed by atoms with Gasteiger partial charge in [0, 0.05) is 24.0 Å². The molecule has 2 rings (SSSR count). The normalized spacial score (nSPS) is 10.1. The Labute approximate surface area is 145 Å². The number of anilines is 1. The van der Waals surface area contributed by atoms with Crippen molar-refractivity contribution in [3.63, 3.8) is 0 Å². The number of carbonyl (C=O) groups is 2. The summed E-state index contributed by atoms with van der Waals surface area (Å²) in [6.45, 7) is -0.546. The molecule has 0 atom stereocenters. The number of non-ortho nitro benzene ring substituents is 1. The molecular formula is C14H9Cl2N3O5. The first-order valence-corrected chi connectivity index (χ1v) is 7.15. The van der Waals surface area contributed by atoms with Gasteiger partial charge < -0.3 is 10.1 Å². The van der Waals surface area contributed by atoms with Crippen molar-refractivity contribution in [3.8, 4) is 0 Å². The Morgan fingerprint density at radius 1 is 1.25 bits per heavy atom. The number of amides is 1. The molecule has 0 aliphatic rings. The number of carbonyl (C=O) groups excluding carboxylic acids is 2. The van der Waals surface area contributed by atoms with E-state index in [0.29, 0.717) is 5.69 Å². The summed E-state index contributed by atoms with van der Waals surface area (Å²) in [4.78, 5) is 37.1. The number of halogens is 2. The van der Waals surface area contributed by atoms with E-state index in [4.69, 9.17) is 27.9 Å². The molecule has 0 saturated carbocycles. The SMILES string of the molecule is O=C(COC(=O)c1cnc(Cl)c(Cl)c1)Nc1ccc([N+](=O)[O-])cc1. The summed E-state index contributed by atoms with van der Waals surface area (Å²) in [6, 6.07) is 6.47. The summed E-state index contributed by atoms with van der Waals surface area (Å²) in [7, 11) is 0. The quantitative estimate of drug-likeness (QED) is 0.375. The minimum absolute atomic E-state index is 0.0455.